The maximum Gasteiger partial charge on any atom is 1.00 e. The van der Waals surface area contributed by atoms with Crippen molar-refractivity contribution in [3.8, 4) is 0 Å². The third-order valence-corrected chi connectivity index (χ3v) is 6.35. The van der Waals surface area contributed by atoms with Crippen molar-refractivity contribution in [3.63, 3.8) is 0 Å². The monoisotopic (exact) mass is 418 g/mol. The summed E-state index contributed by atoms with van der Waals surface area (Å²) in [5, 5.41) is 0. The third kappa shape index (κ3) is 13.4. The molecule has 0 aliphatic rings. The molecular weight excluding hydrogens is 379 g/mol. The average molecular weight is 419 g/mol. The van der Waals surface area contributed by atoms with E-state index in [1.807, 2.05) is 0 Å². The molecule has 156 valence electrons. The summed E-state index contributed by atoms with van der Waals surface area (Å²) in [6.07, 6.45) is 12.6. The fourth-order valence-electron chi connectivity index (χ4n) is 3.62. The second kappa shape index (κ2) is 15.0. The van der Waals surface area contributed by atoms with Gasteiger partial charge in [0.25, 0.3) is 0 Å². The Morgan fingerprint density at radius 3 is 1.68 bits per heavy atom. The smallest absolute Gasteiger partial charge is 0.744 e. The molecule has 0 bridgehead atoms. The predicted octanol–water partition coefficient (Wildman–Crippen LogP) is 3.58. The van der Waals surface area contributed by atoms with E-state index < -0.39 is 10.1 Å². The third-order valence-electron chi connectivity index (χ3n) is 5.50. The van der Waals surface area contributed by atoms with Crippen LogP contribution in [0.2, 0.25) is 0 Å². The van der Waals surface area contributed by atoms with Crippen LogP contribution in [0, 0.1) is 17.8 Å². The second-order valence-electron chi connectivity index (χ2n) is 8.81. The van der Waals surface area contributed by atoms with Gasteiger partial charge < -0.3 is 4.55 Å². The Morgan fingerprint density at radius 1 is 0.750 bits per heavy atom. The van der Waals surface area contributed by atoms with E-state index in [-0.39, 0.29) is 34.5 Å². The molecule has 1 aromatic rings. The number of rotatable bonds is 14. The normalized spacial score (nSPS) is 13.9. The predicted molar refractivity (Wildman–Crippen MR) is 113 cm³/mol. The molecule has 2 unspecified atom stereocenters. The van der Waals surface area contributed by atoms with Crippen molar-refractivity contribution in [2.24, 2.45) is 17.8 Å². The molecule has 1 aromatic carbocycles. The van der Waals surface area contributed by atoms with Gasteiger partial charge in [0, 0.05) is 0 Å². The molecule has 0 spiro atoms. The van der Waals surface area contributed by atoms with Gasteiger partial charge in [-0.2, -0.15) is 0 Å². The first-order valence-electron chi connectivity index (χ1n) is 10.7. The van der Waals surface area contributed by atoms with Crippen molar-refractivity contribution in [2.75, 3.05) is 0 Å². The molecule has 2 atom stereocenters. The molecule has 0 aliphatic heterocycles. The second-order valence-corrected chi connectivity index (χ2v) is 10.2. The summed E-state index contributed by atoms with van der Waals surface area (Å²) in [5.74, 6) is 2.47. The minimum atomic E-state index is -4.33. The SMILES string of the molecule is CC(C)CCCC(C)CCCC(C)CCCCc1ccc(S(=O)(=O)[O-])cc1.[Na+]. The van der Waals surface area contributed by atoms with Crippen LogP contribution in [-0.2, 0) is 16.5 Å². The van der Waals surface area contributed by atoms with Crippen LogP contribution in [-0.4, -0.2) is 13.0 Å². The van der Waals surface area contributed by atoms with Crippen LogP contribution in [0.3, 0.4) is 0 Å². The molecule has 1 rings (SSSR count). The van der Waals surface area contributed by atoms with Crippen molar-refractivity contribution in [1.29, 1.82) is 0 Å². The zero-order valence-corrected chi connectivity index (χ0v) is 21.6. The van der Waals surface area contributed by atoms with Crippen LogP contribution in [0.5, 0.6) is 0 Å². The van der Waals surface area contributed by atoms with E-state index in [0.717, 1.165) is 36.2 Å². The number of hydrogen-bond acceptors (Lipinski definition) is 3. The quantitative estimate of drug-likeness (QED) is 0.264. The molecule has 0 saturated heterocycles. The van der Waals surface area contributed by atoms with E-state index in [2.05, 4.69) is 27.7 Å². The molecule has 0 heterocycles. The number of hydrogen-bond donors (Lipinski definition) is 0. The minimum absolute atomic E-state index is 0. The summed E-state index contributed by atoms with van der Waals surface area (Å²) in [6.45, 7) is 9.36. The zero-order chi connectivity index (χ0) is 20.3. The summed E-state index contributed by atoms with van der Waals surface area (Å²) in [4.78, 5) is -0.140. The molecule has 5 heteroatoms. The van der Waals surface area contributed by atoms with Gasteiger partial charge in [-0.05, 0) is 48.3 Å². The fourth-order valence-corrected chi connectivity index (χ4v) is 4.09. The van der Waals surface area contributed by atoms with Crippen LogP contribution in [0.4, 0.5) is 0 Å². The number of aryl methyl sites for hydroxylation is 1. The van der Waals surface area contributed by atoms with Crippen LogP contribution in [0.25, 0.3) is 0 Å². The Balaban J connectivity index is 0.00000729. The van der Waals surface area contributed by atoms with Crippen molar-refractivity contribution in [2.45, 2.75) is 96.8 Å². The Kier molecular flexibility index (Phi) is 15.1. The van der Waals surface area contributed by atoms with Gasteiger partial charge in [-0.3, -0.25) is 0 Å². The Labute approximate surface area is 196 Å². The van der Waals surface area contributed by atoms with Gasteiger partial charge in [-0.25, -0.2) is 8.42 Å². The van der Waals surface area contributed by atoms with Gasteiger partial charge >= 0.3 is 29.6 Å². The van der Waals surface area contributed by atoms with Crippen LogP contribution in [0.15, 0.2) is 29.2 Å². The topological polar surface area (TPSA) is 57.2 Å². The zero-order valence-electron chi connectivity index (χ0n) is 18.7. The Hall–Kier alpha value is 0.130. The van der Waals surface area contributed by atoms with Gasteiger partial charge in [-0.1, -0.05) is 91.2 Å². The summed E-state index contributed by atoms with van der Waals surface area (Å²) >= 11 is 0. The van der Waals surface area contributed by atoms with Gasteiger partial charge in [-0.15, -0.1) is 0 Å². The van der Waals surface area contributed by atoms with E-state index in [1.165, 1.54) is 63.5 Å². The van der Waals surface area contributed by atoms with E-state index in [9.17, 15) is 13.0 Å². The first kappa shape index (κ1) is 28.1. The van der Waals surface area contributed by atoms with E-state index in [1.54, 1.807) is 12.1 Å². The van der Waals surface area contributed by atoms with Gasteiger partial charge in [0.15, 0.2) is 0 Å². The summed E-state index contributed by atoms with van der Waals surface area (Å²) in [7, 11) is -4.33. The maximum absolute atomic E-state index is 10.9. The summed E-state index contributed by atoms with van der Waals surface area (Å²) in [6, 6.07) is 6.36. The van der Waals surface area contributed by atoms with Gasteiger partial charge in [0.1, 0.15) is 10.1 Å². The van der Waals surface area contributed by atoms with Crippen molar-refractivity contribution in [3.05, 3.63) is 29.8 Å². The number of benzene rings is 1. The van der Waals surface area contributed by atoms with Crippen LogP contribution >= 0.6 is 0 Å². The van der Waals surface area contributed by atoms with Crippen molar-refractivity contribution >= 4 is 10.1 Å². The molecular formula is C23H39NaO3S. The Morgan fingerprint density at radius 2 is 1.21 bits per heavy atom. The molecule has 0 aliphatic carbocycles. The molecule has 0 radical (unpaired) electrons. The minimum Gasteiger partial charge on any atom is -0.744 e. The van der Waals surface area contributed by atoms with Gasteiger partial charge in [0.2, 0.25) is 0 Å². The largest absolute Gasteiger partial charge is 1.00 e. The fraction of sp³-hybridized carbons (Fsp3) is 0.739. The first-order valence-corrected chi connectivity index (χ1v) is 12.1. The van der Waals surface area contributed by atoms with E-state index >= 15 is 0 Å². The molecule has 3 nitrogen and oxygen atoms in total. The maximum atomic E-state index is 10.9. The van der Waals surface area contributed by atoms with Crippen molar-refractivity contribution < 1.29 is 42.5 Å². The number of unbranched alkanes of at least 4 members (excludes halogenated alkanes) is 1. The summed E-state index contributed by atoms with van der Waals surface area (Å²) < 4.78 is 32.8. The van der Waals surface area contributed by atoms with Crippen LogP contribution in [0.1, 0.15) is 91.0 Å². The standard InChI is InChI=1S/C23H40O3S.Na/c1-19(2)9-7-11-21(4)13-8-12-20(3)10-5-6-14-22-15-17-23(18-16-22)27(24,25)26;/h15-21H,5-14H2,1-4H3,(H,24,25,26);/q;+1/p-1. The average Bonchev–Trinajstić information content (AvgIpc) is 2.58. The van der Waals surface area contributed by atoms with Gasteiger partial charge in [0.05, 0.1) is 4.90 Å². The molecule has 0 saturated carbocycles. The molecule has 0 aromatic heterocycles. The summed E-state index contributed by atoms with van der Waals surface area (Å²) in [5.41, 5.74) is 1.10. The molecule has 0 fully saturated rings. The van der Waals surface area contributed by atoms with E-state index in [4.69, 9.17) is 0 Å². The van der Waals surface area contributed by atoms with Crippen LogP contribution < -0.4 is 29.6 Å². The van der Waals surface area contributed by atoms with Crippen molar-refractivity contribution in [1.82, 2.24) is 0 Å². The molecule has 0 amide bonds. The Bertz CT molecular complexity index is 611. The molecule has 0 N–H and O–H groups in total. The molecule has 28 heavy (non-hydrogen) atoms. The van der Waals surface area contributed by atoms with E-state index in [0.29, 0.717) is 0 Å². The first-order chi connectivity index (χ1) is 12.7.